The summed E-state index contributed by atoms with van der Waals surface area (Å²) in [7, 11) is 1.35. The maximum absolute atomic E-state index is 12.2. The average Bonchev–Trinajstić information content (AvgIpc) is 3.20. The van der Waals surface area contributed by atoms with E-state index in [2.05, 4.69) is 6.92 Å². The Bertz CT molecular complexity index is 413. The van der Waals surface area contributed by atoms with Crippen molar-refractivity contribution in [2.75, 3.05) is 20.4 Å². The van der Waals surface area contributed by atoms with Gasteiger partial charge in [-0.15, -0.1) is 0 Å². The van der Waals surface area contributed by atoms with Crippen LogP contribution < -0.4 is 0 Å². The summed E-state index contributed by atoms with van der Waals surface area (Å²) < 4.78 is 9.98. The van der Waals surface area contributed by atoms with E-state index >= 15 is 0 Å². The van der Waals surface area contributed by atoms with E-state index in [1.807, 2.05) is 0 Å². The van der Waals surface area contributed by atoms with Gasteiger partial charge in [-0.1, -0.05) is 96.8 Å². The topological polar surface area (TPSA) is 55.8 Å². The van der Waals surface area contributed by atoms with E-state index in [0.717, 1.165) is 12.8 Å². The highest BCUT2D eigenvalue weighted by Crippen LogP contribution is 2.16. The van der Waals surface area contributed by atoms with Gasteiger partial charge in [0.15, 0.2) is 6.04 Å². The molecule has 0 unspecified atom stereocenters. The number of esters is 1. The smallest absolute Gasteiger partial charge is 0.331 e. The summed E-state index contributed by atoms with van der Waals surface area (Å²) in [6, 6.07) is -0.561. The van der Waals surface area contributed by atoms with Crippen LogP contribution in [0.1, 0.15) is 110 Å². The van der Waals surface area contributed by atoms with Gasteiger partial charge in [0, 0.05) is 6.42 Å². The molecular weight excluding hydrogens is 354 g/mol. The molecule has 0 spiro atoms. The van der Waals surface area contributed by atoms with Gasteiger partial charge in [-0.3, -0.25) is 4.79 Å². The summed E-state index contributed by atoms with van der Waals surface area (Å²) in [4.78, 5) is 25.4. The van der Waals surface area contributed by atoms with Crippen molar-refractivity contribution in [2.45, 2.75) is 116 Å². The van der Waals surface area contributed by atoms with Crippen LogP contribution in [-0.2, 0) is 19.1 Å². The lowest BCUT2D eigenvalue weighted by molar-refractivity contribution is -0.150. The van der Waals surface area contributed by atoms with Crippen molar-refractivity contribution in [1.82, 2.24) is 4.90 Å². The maximum atomic E-state index is 12.2. The molecular formula is C23H43NO4. The molecule has 1 heterocycles. The molecule has 164 valence electrons. The van der Waals surface area contributed by atoms with E-state index in [0.29, 0.717) is 6.42 Å². The van der Waals surface area contributed by atoms with Crippen molar-refractivity contribution >= 4 is 11.9 Å². The first-order valence-corrected chi connectivity index (χ1v) is 11.7. The van der Waals surface area contributed by atoms with Crippen LogP contribution in [0.25, 0.3) is 0 Å². The second-order valence-electron chi connectivity index (χ2n) is 8.10. The van der Waals surface area contributed by atoms with Gasteiger partial charge < -0.3 is 14.4 Å². The fraction of sp³-hybridized carbons (Fsp3) is 0.913. The fourth-order valence-corrected chi connectivity index (χ4v) is 3.81. The summed E-state index contributed by atoms with van der Waals surface area (Å²) in [6.07, 6.45) is 20.2. The Hall–Kier alpha value is -1.10. The largest absolute Gasteiger partial charge is 0.467 e. The molecule has 1 amide bonds. The van der Waals surface area contributed by atoms with Crippen LogP contribution in [0.4, 0.5) is 0 Å². The fourth-order valence-electron chi connectivity index (χ4n) is 3.81. The van der Waals surface area contributed by atoms with E-state index in [1.54, 1.807) is 0 Å². The van der Waals surface area contributed by atoms with Crippen LogP contribution in [0.15, 0.2) is 0 Å². The van der Waals surface area contributed by atoms with Crippen LogP contribution in [0, 0.1) is 0 Å². The molecule has 0 radical (unpaired) electrons. The second kappa shape index (κ2) is 16.8. The minimum Gasteiger partial charge on any atom is -0.467 e. The standard InChI is InChI=1S/C23H43NO4/c1-3-4-5-6-7-8-9-10-11-12-13-14-15-16-17-18-22(25)24-20-28-19-21(24)23(26)27-2/h21H,3-20H2,1-2H3/t21-/m0/s1. The Balaban J connectivity index is 1.87. The van der Waals surface area contributed by atoms with E-state index in [9.17, 15) is 9.59 Å². The van der Waals surface area contributed by atoms with Crippen molar-refractivity contribution in [1.29, 1.82) is 0 Å². The third kappa shape index (κ3) is 11.0. The van der Waals surface area contributed by atoms with E-state index in [-0.39, 0.29) is 25.2 Å². The molecule has 1 aliphatic heterocycles. The number of nitrogens with zero attached hydrogens (tertiary/aromatic N) is 1. The van der Waals surface area contributed by atoms with Crippen molar-refractivity contribution in [3.63, 3.8) is 0 Å². The summed E-state index contributed by atoms with van der Waals surface area (Å²) in [5.74, 6) is -0.384. The maximum Gasteiger partial charge on any atom is 0.331 e. The van der Waals surface area contributed by atoms with Gasteiger partial charge in [-0.05, 0) is 6.42 Å². The molecule has 0 aromatic rings. The molecule has 0 N–H and O–H groups in total. The van der Waals surface area contributed by atoms with Crippen molar-refractivity contribution in [3.8, 4) is 0 Å². The third-order valence-electron chi connectivity index (χ3n) is 5.67. The highest BCUT2D eigenvalue weighted by Gasteiger charge is 2.35. The van der Waals surface area contributed by atoms with Crippen LogP contribution in [0.5, 0.6) is 0 Å². The molecule has 1 saturated heterocycles. The summed E-state index contributed by atoms with van der Waals surface area (Å²) in [6.45, 7) is 2.72. The number of hydrogen-bond acceptors (Lipinski definition) is 4. The van der Waals surface area contributed by atoms with Crippen LogP contribution >= 0.6 is 0 Å². The van der Waals surface area contributed by atoms with E-state index in [4.69, 9.17) is 9.47 Å². The lowest BCUT2D eigenvalue weighted by atomic mass is 10.0. The Kier molecular flexibility index (Phi) is 15.0. The number of methoxy groups -OCH3 is 1. The molecule has 5 heteroatoms. The van der Waals surface area contributed by atoms with Gasteiger partial charge >= 0.3 is 5.97 Å². The third-order valence-corrected chi connectivity index (χ3v) is 5.67. The lowest BCUT2D eigenvalue weighted by Gasteiger charge is -2.20. The summed E-state index contributed by atoms with van der Waals surface area (Å²) >= 11 is 0. The summed E-state index contributed by atoms with van der Waals surface area (Å²) in [5, 5.41) is 0. The van der Waals surface area contributed by atoms with Gasteiger partial charge in [0.1, 0.15) is 6.73 Å². The zero-order chi connectivity index (χ0) is 20.5. The van der Waals surface area contributed by atoms with Crippen LogP contribution in [0.3, 0.4) is 0 Å². The molecule has 0 bridgehead atoms. The number of carbonyl (C=O) groups excluding carboxylic acids is 2. The Morgan fingerprint density at radius 1 is 0.821 bits per heavy atom. The van der Waals surface area contributed by atoms with E-state index in [1.165, 1.54) is 95.5 Å². The normalized spacial score (nSPS) is 16.5. The molecule has 0 saturated carbocycles. The van der Waals surface area contributed by atoms with Gasteiger partial charge in [0.05, 0.1) is 13.7 Å². The molecule has 0 aliphatic carbocycles. The van der Waals surface area contributed by atoms with Gasteiger partial charge in [0.25, 0.3) is 0 Å². The molecule has 1 fully saturated rings. The average molecular weight is 398 g/mol. The molecule has 1 atom stereocenters. The van der Waals surface area contributed by atoms with Crippen molar-refractivity contribution in [3.05, 3.63) is 0 Å². The first-order chi connectivity index (χ1) is 13.7. The second-order valence-corrected chi connectivity index (χ2v) is 8.10. The quantitative estimate of drug-likeness (QED) is 0.237. The predicted molar refractivity (Wildman–Crippen MR) is 113 cm³/mol. The highest BCUT2D eigenvalue weighted by atomic mass is 16.5. The zero-order valence-electron chi connectivity index (χ0n) is 18.4. The van der Waals surface area contributed by atoms with Gasteiger partial charge in [-0.25, -0.2) is 4.79 Å². The van der Waals surface area contributed by atoms with Crippen molar-refractivity contribution in [2.24, 2.45) is 0 Å². The molecule has 28 heavy (non-hydrogen) atoms. The zero-order valence-corrected chi connectivity index (χ0v) is 18.4. The molecule has 1 rings (SSSR count). The molecule has 0 aromatic heterocycles. The number of ether oxygens (including phenoxy) is 2. The Labute approximate surface area is 172 Å². The first kappa shape index (κ1) is 24.9. The first-order valence-electron chi connectivity index (χ1n) is 11.7. The number of rotatable bonds is 17. The Morgan fingerprint density at radius 3 is 1.75 bits per heavy atom. The monoisotopic (exact) mass is 397 g/mol. The predicted octanol–water partition coefficient (Wildman–Crippen LogP) is 5.61. The van der Waals surface area contributed by atoms with Crippen LogP contribution in [-0.4, -0.2) is 43.3 Å². The summed E-state index contributed by atoms with van der Waals surface area (Å²) in [5.41, 5.74) is 0. The van der Waals surface area contributed by atoms with E-state index < -0.39 is 6.04 Å². The minimum atomic E-state index is -0.561. The van der Waals surface area contributed by atoms with Gasteiger partial charge in [0.2, 0.25) is 5.91 Å². The number of amides is 1. The van der Waals surface area contributed by atoms with Crippen LogP contribution in [0.2, 0.25) is 0 Å². The highest BCUT2D eigenvalue weighted by molar-refractivity contribution is 5.85. The SMILES string of the molecule is CCCCCCCCCCCCCCCCCC(=O)N1COC[C@H]1C(=O)OC. The van der Waals surface area contributed by atoms with Crippen molar-refractivity contribution < 1.29 is 19.1 Å². The minimum absolute atomic E-state index is 0.00240. The lowest BCUT2D eigenvalue weighted by Crippen LogP contribution is -2.42. The molecule has 0 aromatic carbocycles. The number of hydrogen-bond donors (Lipinski definition) is 0. The molecule has 5 nitrogen and oxygen atoms in total. The molecule has 1 aliphatic rings. The van der Waals surface area contributed by atoms with Gasteiger partial charge in [-0.2, -0.15) is 0 Å². The number of carbonyl (C=O) groups is 2. The Morgan fingerprint density at radius 2 is 1.29 bits per heavy atom. The number of unbranched alkanes of at least 4 members (excludes halogenated alkanes) is 14.